The van der Waals surface area contributed by atoms with Gasteiger partial charge in [0.2, 0.25) is 5.95 Å². The molecular weight excluding hydrogens is 726 g/mol. The van der Waals surface area contributed by atoms with Crippen LogP contribution in [0.5, 0.6) is 5.88 Å². The number of amides is 1. The minimum absolute atomic E-state index is 0.0642. The van der Waals surface area contributed by atoms with Crippen LogP contribution < -0.4 is 25.6 Å². The lowest BCUT2D eigenvalue weighted by Gasteiger charge is -2.13. The van der Waals surface area contributed by atoms with Crippen LogP contribution in [0.3, 0.4) is 0 Å². The number of hydrogen-bond donors (Lipinski definition) is 3. The van der Waals surface area contributed by atoms with Gasteiger partial charge < -0.3 is 30.6 Å². The summed E-state index contributed by atoms with van der Waals surface area (Å²) in [6, 6.07) is 21.7. The third-order valence-corrected chi connectivity index (χ3v) is 9.85. The Bertz CT molecular complexity index is 2100. The van der Waals surface area contributed by atoms with Gasteiger partial charge >= 0.3 is 16.9 Å². The van der Waals surface area contributed by atoms with Crippen molar-refractivity contribution < 1.29 is 37.0 Å². The van der Waals surface area contributed by atoms with Crippen LogP contribution in [0.2, 0.25) is 5.02 Å². The number of rotatable bonds is 19. The highest BCUT2D eigenvalue weighted by atomic mass is 35.5. The number of unbranched alkanes of at least 4 members (excludes halogenated alkanes) is 5. The number of ether oxygens (including phenoxy) is 2. The van der Waals surface area contributed by atoms with E-state index in [9.17, 15) is 23.2 Å². The van der Waals surface area contributed by atoms with Crippen molar-refractivity contribution in [3.8, 4) is 5.88 Å². The third-order valence-electron chi connectivity index (χ3n) is 7.85. The quantitative estimate of drug-likeness (QED) is 0.0508. The lowest BCUT2D eigenvalue weighted by Crippen LogP contribution is -2.30. The molecule has 5 aromatic rings. The zero-order valence-electron chi connectivity index (χ0n) is 28.8. The Hall–Kier alpha value is -5.74. The molecule has 53 heavy (non-hydrogen) atoms. The molecule has 2 aromatic heterocycles. The van der Waals surface area contributed by atoms with Gasteiger partial charge in [-0.2, -0.15) is 4.98 Å². The minimum atomic E-state index is -4.15. The summed E-state index contributed by atoms with van der Waals surface area (Å²) in [7, 11) is -2.60. The number of hydrogen-bond acceptors (Lipinski definition) is 13. The molecule has 0 atom stereocenters. The molecule has 17 heteroatoms. The van der Waals surface area contributed by atoms with Crippen LogP contribution >= 0.6 is 11.6 Å². The van der Waals surface area contributed by atoms with E-state index in [1.165, 1.54) is 18.3 Å². The molecule has 0 saturated heterocycles. The normalized spacial score (nSPS) is 11.1. The molecule has 0 aliphatic rings. The zero-order chi connectivity index (χ0) is 37.6. The second-order valence-electron chi connectivity index (χ2n) is 11.7. The van der Waals surface area contributed by atoms with E-state index in [0.29, 0.717) is 35.8 Å². The smallest absolute Gasteiger partial charge is 0.414 e. The van der Waals surface area contributed by atoms with E-state index in [-0.39, 0.29) is 51.6 Å². The summed E-state index contributed by atoms with van der Waals surface area (Å²) in [5, 5.41) is 23.9. The van der Waals surface area contributed by atoms with E-state index >= 15 is 0 Å². The molecule has 0 unspecified atom stereocenters. The Kier molecular flexibility index (Phi) is 13.6. The third kappa shape index (κ3) is 10.6. The van der Waals surface area contributed by atoms with Gasteiger partial charge in [-0.1, -0.05) is 79.7 Å². The van der Waals surface area contributed by atoms with Crippen molar-refractivity contribution in [2.75, 3.05) is 30.9 Å². The van der Waals surface area contributed by atoms with Crippen LogP contribution in [0, 0.1) is 5.21 Å². The summed E-state index contributed by atoms with van der Waals surface area (Å²) in [6.07, 6.45) is 6.44. The summed E-state index contributed by atoms with van der Waals surface area (Å²) >= 11 is 6.33. The first-order valence-electron chi connectivity index (χ1n) is 16.8. The number of halogens is 1. The number of sulfone groups is 1. The van der Waals surface area contributed by atoms with Crippen LogP contribution in [-0.2, 0) is 25.8 Å². The summed E-state index contributed by atoms with van der Waals surface area (Å²) in [5.74, 6) is -0.333. The average molecular weight is 764 g/mol. The van der Waals surface area contributed by atoms with Crippen molar-refractivity contribution in [3.63, 3.8) is 0 Å². The monoisotopic (exact) mass is 763 g/mol. The van der Waals surface area contributed by atoms with Crippen LogP contribution in [0.15, 0.2) is 99.6 Å². The molecule has 0 aliphatic carbocycles. The molecule has 3 N–H and O–H groups in total. The van der Waals surface area contributed by atoms with Gasteiger partial charge in [-0.3, -0.25) is 14.2 Å². The van der Waals surface area contributed by atoms with Crippen molar-refractivity contribution in [3.05, 3.63) is 106 Å². The summed E-state index contributed by atoms with van der Waals surface area (Å²) in [5.41, 5.74) is 2.46. The van der Waals surface area contributed by atoms with Gasteiger partial charge in [0.05, 0.1) is 47.1 Å². The Morgan fingerprint density at radius 3 is 2.30 bits per heavy atom. The number of carbonyl (C=O) groups is 2. The minimum Gasteiger partial charge on any atom is -0.465 e. The lowest BCUT2D eigenvalue weighted by atomic mass is 10.1. The number of aromatic nitrogens is 4. The van der Waals surface area contributed by atoms with E-state index in [4.69, 9.17) is 21.1 Å². The Morgan fingerprint density at radius 1 is 0.887 bits per heavy atom. The zero-order valence-corrected chi connectivity index (χ0v) is 30.4. The molecule has 0 aliphatic heterocycles. The molecule has 0 bridgehead atoms. The van der Waals surface area contributed by atoms with Gasteiger partial charge in [0.25, 0.3) is 15.7 Å². The van der Waals surface area contributed by atoms with Crippen molar-refractivity contribution >= 4 is 56.5 Å². The Labute approximate surface area is 311 Å². The van der Waals surface area contributed by atoms with E-state index in [0.717, 1.165) is 37.7 Å². The first-order valence-corrected chi connectivity index (χ1v) is 18.7. The molecule has 5 rings (SSSR count). The number of anilines is 4. The lowest BCUT2D eigenvalue weighted by molar-refractivity contribution is -0.832. The molecule has 278 valence electrons. The molecule has 1 amide bonds. The van der Waals surface area contributed by atoms with Crippen molar-refractivity contribution in [2.45, 2.75) is 54.9 Å². The van der Waals surface area contributed by atoms with Crippen molar-refractivity contribution in [1.82, 2.24) is 20.4 Å². The van der Waals surface area contributed by atoms with Crippen molar-refractivity contribution in [1.29, 1.82) is 0 Å². The first-order chi connectivity index (χ1) is 25.7. The van der Waals surface area contributed by atoms with Gasteiger partial charge in [0.15, 0.2) is 5.82 Å². The maximum atomic E-state index is 12.8. The highest BCUT2D eigenvalue weighted by molar-refractivity contribution is 7.91. The standard InChI is InChI=1S/C36H38ClN7O8S/c1-38-33(46)28-15-9-10-16-30(28)41-32-29(37)24-39-36(42-32)40-26-19-17-25(18-20-26)23-31(45)50-21-11-4-2-3-5-12-22-51-34-35(44(47)52-43-34)53(48,49)27-13-7-6-8-14-27/h6-10,13-20,24H,2-5,11-12,21-23H2,1H3,(H,38,46)(H2,39,40,41,42). The van der Waals surface area contributed by atoms with Crippen LogP contribution in [-0.4, -0.2) is 55.7 Å². The molecule has 0 spiro atoms. The largest absolute Gasteiger partial charge is 0.465 e. The second-order valence-corrected chi connectivity index (χ2v) is 14.0. The topological polar surface area (TPSA) is 202 Å². The van der Waals surface area contributed by atoms with Gasteiger partial charge in [-0.25, -0.2) is 13.4 Å². The van der Waals surface area contributed by atoms with E-state index < -0.39 is 14.9 Å². The number of benzene rings is 3. The maximum absolute atomic E-state index is 12.8. The fourth-order valence-electron chi connectivity index (χ4n) is 5.13. The van der Waals surface area contributed by atoms with Crippen molar-refractivity contribution in [2.24, 2.45) is 0 Å². The first kappa shape index (κ1) is 38.5. The van der Waals surface area contributed by atoms with E-state index in [1.54, 1.807) is 61.6 Å². The van der Waals surface area contributed by atoms with Crippen LogP contribution in [0.25, 0.3) is 0 Å². The van der Waals surface area contributed by atoms with E-state index in [2.05, 4.69) is 35.7 Å². The SMILES string of the molecule is CNC(=O)c1ccccc1Nc1nc(Nc2ccc(CC(=O)OCCCCCCCCOc3no[n+]([O-])c3S(=O)(=O)c3ccccc3)cc2)ncc1Cl. The Morgan fingerprint density at radius 2 is 1.57 bits per heavy atom. The molecule has 15 nitrogen and oxygen atoms in total. The second kappa shape index (κ2) is 18.7. The fraction of sp³-hybridized carbons (Fsp3) is 0.278. The van der Waals surface area contributed by atoms with Gasteiger partial charge in [0, 0.05) is 12.7 Å². The number of esters is 1. The highest BCUT2D eigenvalue weighted by Crippen LogP contribution is 2.28. The van der Waals surface area contributed by atoms with Gasteiger partial charge in [0.1, 0.15) is 5.02 Å². The number of nitrogens with one attached hydrogen (secondary N) is 3. The molecule has 0 saturated carbocycles. The van der Waals surface area contributed by atoms with Gasteiger partial charge in [-0.15, -0.1) is 0 Å². The number of para-hydroxylation sites is 1. The Balaban J connectivity index is 0.965. The van der Waals surface area contributed by atoms with Crippen LogP contribution in [0.4, 0.5) is 23.1 Å². The molecule has 2 heterocycles. The predicted molar refractivity (Wildman–Crippen MR) is 195 cm³/mol. The maximum Gasteiger partial charge on any atom is 0.414 e. The summed E-state index contributed by atoms with van der Waals surface area (Å²) < 4.78 is 41.0. The molecule has 0 radical (unpaired) electrons. The average Bonchev–Trinajstić information content (AvgIpc) is 3.55. The van der Waals surface area contributed by atoms with Gasteiger partial charge in [-0.05, 0) is 59.7 Å². The van der Waals surface area contributed by atoms with Crippen LogP contribution in [0.1, 0.15) is 54.4 Å². The molecule has 0 fully saturated rings. The van der Waals surface area contributed by atoms with E-state index in [1.807, 2.05) is 12.1 Å². The summed E-state index contributed by atoms with van der Waals surface area (Å²) in [6.45, 7) is 0.488. The molecule has 3 aromatic carbocycles. The summed E-state index contributed by atoms with van der Waals surface area (Å²) in [4.78, 5) is 33.1. The predicted octanol–water partition coefficient (Wildman–Crippen LogP) is 5.94. The highest BCUT2D eigenvalue weighted by Gasteiger charge is 2.35. The molecular formula is C36H38ClN7O8S. The fourth-order valence-corrected chi connectivity index (χ4v) is 6.56. The number of carbonyl (C=O) groups excluding carboxylic acids is 2. The number of nitrogens with zero attached hydrogens (tertiary/aromatic N) is 4.